The summed E-state index contributed by atoms with van der Waals surface area (Å²) in [5, 5.41) is 10.1. The monoisotopic (exact) mass is 368 g/mol. The molecular formula is C21H21FN2O3. The average molecular weight is 368 g/mol. The number of hydrogen-bond donors (Lipinski definition) is 2. The molecule has 2 N–H and O–H groups in total. The zero-order valence-electron chi connectivity index (χ0n) is 15.0. The predicted octanol–water partition coefficient (Wildman–Crippen LogP) is 4.74. The van der Waals surface area contributed by atoms with Crippen molar-refractivity contribution in [2.75, 3.05) is 7.11 Å². The number of pyridine rings is 1. The minimum atomic E-state index is -0.702. The lowest BCUT2D eigenvalue weighted by Gasteiger charge is -2.25. The van der Waals surface area contributed by atoms with Crippen LogP contribution in [-0.2, 0) is 4.79 Å². The van der Waals surface area contributed by atoms with Crippen LogP contribution in [-0.4, -0.2) is 28.2 Å². The molecule has 0 spiro atoms. The van der Waals surface area contributed by atoms with E-state index >= 15 is 0 Å². The zero-order valence-corrected chi connectivity index (χ0v) is 15.0. The third kappa shape index (κ3) is 3.27. The molecule has 0 amide bonds. The Labute approximate surface area is 156 Å². The first-order valence-electron chi connectivity index (χ1n) is 9.11. The van der Waals surface area contributed by atoms with Crippen molar-refractivity contribution in [2.45, 2.75) is 31.6 Å². The lowest BCUT2D eigenvalue weighted by Crippen LogP contribution is -2.20. The minimum Gasteiger partial charge on any atom is -0.496 e. The number of carbonyl (C=O) groups is 1. The SMILES string of the molecule is COc1ccc(F)cc1-c1ccnc2[nH]c(C3CCC(C(=O)O)CC3)cc12. The van der Waals surface area contributed by atoms with Gasteiger partial charge in [0.25, 0.3) is 0 Å². The normalized spacial score (nSPS) is 19.9. The topological polar surface area (TPSA) is 75.2 Å². The van der Waals surface area contributed by atoms with Crippen LogP contribution in [0.4, 0.5) is 4.39 Å². The summed E-state index contributed by atoms with van der Waals surface area (Å²) in [6.07, 6.45) is 4.75. The molecule has 3 aromatic rings. The van der Waals surface area contributed by atoms with E-state index in [2.05, 4.69) is 16.0 Å². The average Bonchev–Trinajstić information content (AvgIpc) is 3.12. The third-order valence-electron chi connectivity index (χ3n) is 5.52. The fourth-order valence-corrected chi connectivity index (χ4v) is 4.04. The van der Waals surface area contributed by atoms with Gasteiger partial charge in [-0.3, -0.25) is 4.79 Å². The Morgan fingerprint density at radius 1 is 1.19 bits per heavy atom. The maximum atomic E-state index is 13.8. The van der Waals surface area contributed by atoms with E-state index in [9.17, 15) is 14.3 Å². The number of carboxylic acid groups (broad SMARTS) is 1. The van der Waals surface area contributed by atoms with E-state index < -0.39 is 5.97 Å². The number of nitrogens with one attached hydrogen (secondary N) is 1. The van der Waals surface area contributed by atoms with Crippen LogP contribution in [0.2, 0.25) is 0 Å². The summed E-state index contributed by atoms with van der Waals surface area (Å²) in [4.78, 5) is 19.0. The molecule has 0 radical (unpaired) electrons. The molecule has 5 nitrogen and oxygen atoms in total. The smallest absolute Gasteiger partial charge is 0.306 e. The first-order valence-corrected chi connectivity index (χ1v) is 9.11. The van der Waals surface area contributed by atoms with E-state index in [0.29, 0.717) is 24.2 Å². The van der Waals surface area contributed by atoms with Crippen molar-refractivity contribution in [3.8, 4) is 16.9 Å². The minimum absolute atomic E-state index is 0.240. The predicted molar refractivity (Wildman–Crippen MR) is 100 cm³/mol. The van der Waals surface area contributed by atoms with Crippen LogP contribution in [0.3, 0.4) is 0 Å². The van der Waals surface area contributed by atoms with Crippen LogP contribution in [0.5, 0.6) is 5.75 Å². The Hall–Kier alpha value is -2.89. The number of hydrogen-bond acceptors (Lipinski definition) is 3. The van der Waals surface area contributed by atoms with Gasteiger partial charge in [-0.25, -0.2) is 9.37 Å². The van der Waals surface area contributed by atoms with Gasteiger partial charge >= 0.3 is 5.97 Å². The largest absolute Gasteiger partial charge is 0.496 e. The fraction of sp³-hybridized carbons (Fsp3) is 0.333. The quantitative estimate of drug-likeness (QED) is 0.698. The maximum absolute atomic E-state index is 13.8. The molecule has 1 aliphatic carbocycles. The molecule has 0 saturated heterocycles. The number of carboxylic acids is 1. The van der Waals surface area contributed by atoms with E-state index in [0.717, 1.165) is 35.1 Å². The molecule has 1 aromatic carbocycles. The maximum Gasteiger partial charge on any atom is 0.306 e. The van der Waals surface area contributed by atoms with E-state index in [1.54, 1.807) is 19.4 Å². The molecule has 1 saturated carbocycles. The van der Waals surface area contributed by atoms with Crippen LogP contribution in [0, 0.1) is 11.7 Å². The van der Waals surface area contributed by atoms with Crippen LogP contribution in [0.15, 0.2) is 36.5 Å². The van der Waals surface area contributed by atoms with Gasteiger partial charge in [0.15, 0.2) is 0 Å². The van der Waals surface area contributed by atoms with Gasteiger partial charge in [0.2, 0.25) is 0 Å². The molecule has 4 rings (SSSR count). The Kier molecular flexibility index (Phi) is 4.56. The Bertz CT molecular complexity index is 990. The summed E-state index contributed by atoms with van der Waals surface area (Å²) < 4.78 is 19.2. The number of aromatic nitrogens is 2. The third-order valence-corrected chi connectivity index (χ3v) is 5.52. The second kappa shape index (κ2) is 7.02. The van der Waals surface area contributed by atoms with Gasteiger partial charge in [0, 0.05) is 22.8 Å². The molecule has 140 valence electrons. The van der Waals surface area contributed by atoms with Gasteiger partial charge in [0.1, 0.15) is 17.2 Å². The number of nitrogens with zero attached hydrogens (tertiary/aromatic N) is 1. The van der Waals surface area contributed by atoms with Crippen molar-refractivity contribution in [1.29, 1.82) is 0 Å². The summed E-state index contributed by atoms with van der Waals surface area (Å²) in [6.45, 7) is 0. The second-order valence-corrected chi connectivity index (χ2v) is 7.08. The van der Waals surface area contributed by atoms with Crippen LogP contribution >= 0.6 is 0 Å². The number of ether oxygens (including phenoxy) is 1. The van der Waals surface area contributed by atoms with Gasteiger partial charge < -0.3 is 14.8 Å². The molecule has 27 heavy (non-hydrogen) atoms. The first kappa shape index (κ1) is 17.5. The van der Waals surface area contributed by atoms with Gasteiger partial charge in [-0.15, -0.1) is 0 Å². The lowest BCUT2D eigenvalue weighted by molar-refractivity contribution is -0.142. The van der Waals surface area contributed by atoms with E-state index in [1.807, 2.05) is 6.07 Å². The Balaban J connectivity index is 1.72. The van der Waals surface area contributed by atoms with Gasteiger partial charge in [-0.2, -0.15) is 0 Å². The summed E-state index contributed by atoms with van der Waals surface area (Å²) in [5.41, 5.74) is 3.35. The standard InChI is InChI=1S/C21H21FN2O3/c1-27-19-7-6-14(22)10-16(19)15-8-9-23-20-17(15)11-18(24-20)12-2-4-13(5-3-12)21(25)26/h6-13H,2-5H2,1H3,(H,23,24)(H,25,26). The molecule has 6 heteroatoms. The van der Waals surface area contributed by atoms with Gasteiger partial charge in [-0.1, -0.05) is 0 Å². The molecule has 0 atom stereocenters. The zero-order chi connectivity index (χ0) is 19.0. The number of aliphatic carboxylic acids is 1. The summed E-state index contributed by atoms with van der Waals surface area (Å²) >= 11 is 0. The Morgan fingerprint density at radius 2 is 1.96 bits per heavy atom. The number of rotatable bonds is 4. The highest BCUT2D eigenvalue weighted by atomic mass is 19.1. The summed E-state index contributed by atoms with van der Waals surface area (Å²) in [6, 6.07) is 8.40. The van der Waals surface area contributed by atoms with Crippen molar-refractivity contribution < 1.29 is 19.0 Å². The van der Waals surface area contributed by atoms with Crippen molar-refractivity contribution in [3.05, 3.63) is 48.0 Å². The molecule has 0 bridgehead atoms. The molecule has 2 heterocycles. The highest BCUT2D eigenvalue weighted by Gasteiger charge is 2.28. The van der Waals surface area contributed by atoms with E-state index in [1.165, 1.54) is 12.1 Å². The van der Waals surface area contributed by atoms with E-state index in [4.69, 9.17) is 4.74 Å². The second-order valence-electron chi connectivity index (χ2n) is 7.08. The van der Waals surface area contributed by atoms with Crippen LogP contribution in [0.1, 0.15) is 37.3 Å². The van der Waals surface area contributed by atoms with Gasteiger partial charge in [0.05, 0.1) is 13.0 Å². The summed E-state index contributed by atoms with van der Waals surface area (Å²) in [7, 11) is 1.57. The number of benzene rings is 1. The molecule has 2 aromatic heterocycles. The first-order chi connectivity index (χ1) is 13.1. The van der Waals surface area contributed by atoms with E-state index in [-0.39, 0.29) is 17.7 Å². The molecule has 1 aliphatic rings. The van der Waals surface area contributed by atoms with Crippen molar-refractivity contribution in [1.82, 2.24) is 9.97 Å². The highest BCUT2D eigenvalue weighted by Crippen LogP contribution is 2.39. The molecule has 0 unspecified atom stereocenters. The summed E-state index contributed by atoms with van der Waals surface area (Å²) in [5.74, 6) is -0.368. The molecular weight excluding hydrogens is 347 g/mol. The van der Waals surface area contributed by atoms with Crippen LogP contribution in [0.25, 0.3) is 22.2 Å². The van der Waals surface area contributed by atoms with Crippen molar-refractivity contribution >= 4 is 17.0 Å². The number of fused-ring (bicyclic) bond motifs is 1. The number of methoxy groups -OCH3 is 1. The van der Waals surface area contributed by atoms with Gasteiger partial charge in [-0.05, 0) is 67.5 Å². The molecule has 0 aliphatic heterocycles. The molecule has 1 fully saturated rings. The van der Waals surface area contributed by atoms with Crippen molar-refractivity contribution in [3.63, 3.8) is 0 Å². The number of aromatic amines is 1. The lowest BCUT2D eigenvalue weighted by atomic mass is 9.80. The number of H-pyrrole nitrogens is 1. The van der Waals surface area contributed by atoms with Crippen LogP contribution < -0.4 is 4.74 Å². The Morgan fingerprint density at radius 3 is 2.67 bits per heavy atom. The fourth-order valence-electron chi connectivity index (χ4n) is 4.04. The van der Waals surface area contributed by atoms with Crippen molar-refractivity contribution in [2.24, 2.45) is 5.92 Å². The number of halogens is 1. The highest BCUT2D eigenvalue weighted by molar-refractivity contribution is 5.95.